The number of hydrogen-bond acceptors (Lipinski definition) is 2. The van der Waals surface area contributed by atoms with Crippen molar-refractivity contribution in [3.05, 3.63) is 59.3 Å². The van der Waals surface area contributed by atoms with Crippen molar-refractivity contribution in [2.24, 2.45) is 0 Å². The lowest BCUT2D eigenvalue weighted by molar-refractivity contribution is 0.521. The van der Waals surface area contributed by atoms with E-state index in [4.69, 9.17) is 4.42 Å². The Bertz CT molecular complexity index is 507. The van der Waals surface area contributed by atoms with Crippen LogP contribution in [0, 0.1) is 5.82 Å². The summed E-state index contributed by atoms with van der Waals surface area (Å²) in [5, 5.41) is 3.44. The van der Waals surface area contributed by atoms with E-state index in [-0.39, 0.29) is 11.9 Å². The highest BCUT2D eigenvalue weighted by atomic mass is 19.1. The van der Waals surface area contributed by atoms with Crippen LogP contribution in [-0.4, -0.2) is 0 Å². The molecule has 0 aliphatic heterocycles. The van der Waals surface area contributed by atoms with Crippen molar-refractivity contribution in [2.75, 3.05) is 0 Å². The molecular formula is C14H14FNO. The van der Waals surface area contributed by atoms with E-state index in [0.29, 0.717) is 0 Å². The normalized spacial score (nSPS) is 18.3. The Kier molecular flexibility index (Phi) is 2.69. The van der Waals surface area contributed by atoms with Gasteiger partial charge in [-0.05, 0) is 36.1 Å². The van der Waals surface area contributed by atoms with Crippen LogP contribution in [-0.2, 0) is 13.0 Å². The number of nitrogens with one attached hydrogen (secondary N) is 1. The molecule has 1 heterocycles. The first kappa shape index (κ1) is 10.5. The predicted molar refractivity (Wildman–Crippen MR) is 63.0 cm³/mol. The molecule has 0 fully saturated rings. The molecule has 1 aliphatic carbocycles. The van der Waals surface area contributed by atoms with Crippen LogP contribution in [0.15, 0.2) is 41.2 Å². The average Bonchev–Trinajstić information content (AvgIpc) is 2.95. The fourth-order valence-corrected chi connectivity index (χ4v) is 2.46. The van der Waals surface area contributed by atoms with E-state index in [1.54, 1.807) is 18.6 Å². The molecule has 3 heteroatoms. The molecule has 1 N–H and O–H groups in total. The van der Waals surface area contributed by atoms with E-state index in [1.807, 2.05) is 12.1 Å². The van der Waals surface area contributed by atoms with Gasteiger partial charge in [-0.3, -0.25) is 0 Å². The van der Waals surface area contributed by atoms with E-state index >= 15 is 0 Å². The summed E-state index contributed by atoms with van der Waals surface area (Å²) >= 11 is 0. The number of rotatable bonds is 3. The second-order valence-corrected chi connectivity index (χ2v) is 4.41. The van der Waals surface area contributed by atoms with E-state index in [0.717, 1.165) is 36.1 Å². The first-order chi connectivity index (χ1) is 8.34. The summed E-state index contributed by atoms with van der Waals surface area (Å²) in [5.41, 5.74) is 3.10. The smallest absolute Gasteiger partial charge is 0.126 e. The maximum atomic E-state index is 13.5. The summed E-state index contributed by atoms with van der Waals surface area (Å²) in [4.78, 5) is 0. The highest BCUT2D eigenvalue weighted by Crippen LogP contribution is 2.32. The van der Waals surface area contributed by atoms with Crippen molar-refractivity contribution in [3.63, 3.8) is 0 Å². The van der Waals surface area contributed by atoms with Crippen molar-refractivity contribution < 1.29 is 8.81 Å². The minimum atomic E-state index is -0.0740. The zero-order chi connectivity index (χ0) is 11.7. The van der Waals surface area contributed by atoms with E-state index < -0.39 is 0 Å². The van der Waals surface area contributed by atoms with E-state index in [9.17, 15) is 4.39 Å². The van der Waals surface area contributed by atoms with Crippen LogP contribution in [0.2, 0.25) is 0 Å². The van der Waals surface area contributed by atoms with Crippen molar-refractivity contribution in [1.82, 2.24) is 5.32 Å². The molecule has 2 aromatic rings. The highest BCUT2D eigenvalue weighted by Gasteiger charge is 2.24. The highest BCUT2D eigenvalue weighted by molar-refractivity contribution is 5.35. The van der Waals surface area contributed by atoms with E-state index in [1.165, 1.54) is 6.07 Å². The molecular weight excluding hydrogens is 217 g/mol. The third kappa shape index (κ3) is 1.98. The van der Waals surface area contributed by atoms with Crippen LogP contribution in [0.25, 0.3) is 0 Å². The van der Waals surface area contributed by atoms with Crippen LogP contribution >= 0.6 is 0 Å². The summed E-state index contributed by atoms with van der Waals surface area (Å²) in [7, 11) is 0. The molecule has 2 nitrogen and oxygen atoms in total. The van der Waals surface area contributed by atoms with Gasteiger partial charge in [0.25, 0.3) is 0 Å². The molecule has 1 unspecified atom stereocenters. The van der Waals surface area contributed by atoms with Crippen molar-refractivity contribution in [3.8, 4) is 0 Å². The number of halogens is 1. The lowest BCUT2D eigenvalue weighted by Crippen LogP contribution is -2.18. The van der Waals surface area contributed by atoms with Gasteiger partial charge in [0.05, 0.1) is 12.5 Å². The Balaban J connectivity index is 1.73. The molecule has 1 atom stereocenters. The van der Waals surface area contributed by atoms with Gasteiger partial charge in [0.1, 0.15) is 5.82 Å². The molecule has 0 saturated heterocycles. The number of benzene rings is 1. The standard InChI is InChI=1S/C14H14FNO/c15-13-3-1-2-12-11(13)4-5-14(12)16-8-10-6-7-17-9-10/h1-3,6-7,9,14,16H,4-5,8H2. The second kappa shape index (κ2) is 4.34. The van der Waals surface area contributed by atoms with Crippen LogP contribution in [0.4, 0.5) is 4.39 Å². The Morgan fingerprint density at radius 3 is 3.12 bits per heavy atom. The largest absolute Gasteiger partial charge is 0.472 e. The van der Waals surface area contributed by atoms with Gasteiger partial charge in [0.2, 0.25) is 0 Å². The van der Waals surface area contributed by atoms with Gasteiger partial charge >= 0.3 is 0 Å². The van der Waals surface area contributed by atoms with Gasteiger partial charge in [-0.1, -0.05) is 12.1 Å². The fraction of sp³-hybridized carbons (Fsp3) is 0.286. The Morgan fingerprint density at radius 1 is 1.35 bits per heavy atom. The second-order valence-electron chi connectivity index (χ2n) is 4.41. The zero-order valence-corrected chi connectivity index (χ0v) is 9.45. The summed E-state index contributed by atoms with van der Waals surface area (Å²) in [5.74, 6) is -0.0740. The molecule has 0 radical (unpaired) electrons. The zero-order valence-electron chi connectivity index (χ0n) is 9.45. The minimum absolute atomic E-state index is 0.0740. The van der Waals surface area contributed by atoms with Crippen molar-refractivity contribution >= 4 is 0 Å². The van der Waals surface area contributed by atoms with Crippen LogP contribution in [0.5, 0.6) is 0 Å². The number of hydrogen-bond donors (Lipinski definition) is 1. The van der Waals surface area contributed by atoms with Crippen molar-refractivity contribution in [2.45, 2.75) is 25.4 Å². The quantitative estimate of drug-likeness (QED) is 0.877. The first-order valence-corrected chi connectivity index (χ1v) is 5.86. The summed E-state index contributed by atoms with van der Waals surface area (Å²) in [6.07, 6.45) is 5.19. The van der Waals surface area contributed by atoms with Crippen molar-refractivity contribution in [1.29, 1.82) is 0 Å². The van der Waals surface area contributed by atoms with Gasteiger partial charge in [-0.25, -0.2) is 4.39 Å². The molecule has 1 aliphatic rings. The summed E-state index contributed by atoms with van der Waals surface area (Å²) < 4.78 is 18.6. The maximum Gasteiger partial charge on any atom is 0.126 e. The Hall–Kier alpha value is -1.61. The van der Waals surface area contributed by atoms with E-state index in [2.05, 4.69) is 5.32 Å². The topological polar surface area (TPSA) is 25.2 Å². The molecule has 3 rings (SSSR count). The first-order valence-electron chi connectivity index (χ1n) is 5.86. The van der Waals surface area contributed by atoms with Gasteiger partial charge in [-0.2, -0.15) is 0 Å². The lowest BCUT2D eigenvalue weighted by Gasteiger charge is -2.13. The number of fused-ring (bicyclic) bond motifs is 1. The molecule has 0 bridgehead atoms. The maximum absolute atomic E-state index is 13.5. The molecule has 0 saturated carbocycles. The molecule has 88 valence electrons. The van der Waals surface area contributed by atoms with Crippen LogP contribution < -0.4 is 5.32 Å². The monoisotopic (exact) mass is 231 g/mol. The molecule has 1 aromatic carbocycles. The fourth-order valence-electron chi connectivity index (χ4n) is 2.46. The number of furan rings is 1. The van der Waals surface area contributed by atoms with Gasteiger partial charge in [-0.15, -0.1) is 0 Å². The SMILES string of the molecule is Fc1cccc2c1CCC2NCc1ccoc1. The van der Waals surface area contributed by atoms with Gasteiger partial charge in [0.15, 0.2) is 0 Å². The third-order valence-electron chi connectivity index (χ3n) is 3.35. The molecule has 0 amide bonds. The summed E-state index contributed by atoms with van der Waals surface area (Å²) in [6, 6.07) is 7.53. The predicted octanol–water partition coefficient (Wildman–Crippen LogP) is 3.20. The third-order valence-corrected chi connectivity index (χ3v) is 3.35. The molecule has 0 spiro atoms. The van der Waals surface area contributed by atoms with Gasteiger partial charge < -0.3 is 9.73 Å². The Labute approximate surface area is 99.5 Å². The van der Waals surface area contributed by atoms with Gasteiger partial charge in [0, 0.05) is 18.2 Å². The average molecular weight is 231 g/mol. The minimum Gasteiger partial charge on any atom is -0.472 e. The lowest BCUT2D eigenvalue weighted by atomic mass is 10.1. The van der Waals surface area contributed by atoms with Crippen LogP contribution in [0.1, 0.15) is 29.2 Å². The Morgan fingerprint density at radius 2 is 2.29 bits per heavy atom. The molecule has 1 aromatic heterocycles. The molecule has 17 heavy (non-hydrogen) atoms. The summed E-state index contributed by atoms with van der Waals surface area (Å²) in [6.45, 7) is 0.761. The van der Waals surface area contributed by atoms with Crippen LogP contribution in [0.3, 0.4) is 0 Å².